The van der Waals surface area contributed by atoms with Gasteiger partial charge < -0.3 is 10.0 Å². The Morgan fingerprint density at radius 3 is 2.33 bits per heavy atom. The number of carboxylic acid groups (broad SMARTS) is 1. The molecule has 1 aliphatic rings. The molecule has 2 atom stereocenters. The third kappa shape index (κ3) is 2.04. The number of amides is 1. The van der Waals surface area contributed by atoms with E-state index in [2.05, 4.69) is 0 Å². The molecule has 65 valence electrons. The average Bonchev–Trinajstić information content (AvgIpc) is 2.17. The van der Waals surface area contributed by atoms with Crippen molar-refractivity contribution < 1.29 is 47.4 Å². The van der Waals surface area contributed by atoms with Gasteiger partial charge in [0.25, 0.3) is 0 Å². The molecule has 1 N–H and O–H groups in total. The Morgan fingerprint density at radius 1 is 1.67 bits per heavy atom. The molecule has 0 aromatic carbocycles. The Hall–Kier alpha value is 0.0439. The first kappa shape index (κ1) is 12.0. The number of carboxylic acids is 1. The summed E-state index contributed by atoms with van der Waals surface area (Å²) in [6.07, 6.45) is 0.435. The molecule has 1 unspecified atom stereocenters. The second-order valence-electron chi connectivity index (χ2n) is 2.94. The van der Waals surface area contributed by atoms with Crippen LogP contribution in [0.25, 0.3) is 0 Å². The van der Waals surface area contributed by atoms with Gasteiger partial charge in [0.15, 0.2) is 0 Å². The van der Waals surface area contributed by atoms with Crippen molar-refractivity contribution in [3.05, 3.63) is 0 Å². The predicted molar refractivity (Wildman–Crippen MR) is 38.0 cm³/mol. The summed E-state index contributed by atoms with van der Waals surface area (Å²) in [5.74, 6) is -1.12. The van der Waals surface area contributed by atoms with Crippen LogP contribution in [0.1, 0.15) is 13.3 Å². The first-order chi connectivity index (χ1) is 5.04. The molecule has 1 amide bonds. The molecule has 0 spiro atoms. The summed E-state index contributed by atoms with van der Waals surface area (Å²) in [5, 5.41) is 8.63. The van der Waals surface area contributed by atoms with Crippen LogP contribution in [-0.4, -0.2) is 35.0 Å². The summed E-state index contributed by atoms with van der Waals surface area (Å²) < 4.78 is 0. The summed E-state index contributed by atoms with van der Waals surface area (Å²) in [7, 11) is 1.53. The first-order valence-electron chi connectivity index (χ1n) is 3.53. The number of hydrogen-bond acceptors (Lipinski definition) is 2. The van der Waals surface area contributed by atoms with Crippen molar-refractivity contribution in [2.45, 2.75) is 19.4 Å². The molecule has 1 radical (unpaired) electrons. The van der Waals surface area contributed by atoms with Crippen LogP contribution in [0.5, 0.6) is 0 Å². The molecule has 0 aliphatic carbocycles. The minimum atomic E-state index is -0.912. The van der Waals surface area contributed by atoms with Crippen LogP contribution in [0.4, 0.5) is 0 Å². The standard InChI is InChI=1S/C7H11NO3.Y/c1-4-3-5(7(10)11)8(2)6(4)9;/h4-5H,3H2,1-2H3,(H,10,11);/t4?,5-;/m0./s1. The fourth-order valence-corrected chi connectivity index (χ4v) is 1.36. The van der Waals surface area contributed by atoms with Crippen molar-refractivity contribution in [3.63, 3.8) is 0 Å². The Kier molecular flexibility index (Phi) is 4.34. The molecular weight excluding hydrogens is 235 g/mol. The summed E-state index contributed by atoms with van der Waals surface area (Å²) in [6, 6.07) is -0.613. The number of likely N-dealkylation sites (tertiary alicyclic amines) is 1. The number of likely N-dealkylation sites (N-methyl/N-ethyl adjacent to an activating group) is 1. The smallest absolute Gasteiger partial charge is 0.326 e. The van der Waals surface area contributed by atoms with Gasteiger partial charge >= 0.3 is 5.97 Å². The molecule has 1 fully saturated rings. The van der Waals surface area contributed by atoms with Gasteiger partial charge in [-0.1, -0.05) is 6.92 Å². The zero-order valence-electron chi connectivity index (χ0n) is 7.15. The summed E-state index contributed by atoms with van der Waals surface area (Å²) in [4.78, 5) is 22.9. The predicted octanol–water partition coefficient (Wildman–Crippen LogP) is -0.0647. The van der Waals surface area contributed by atoms with Crippen LogP contribution >= 0.6 is 0 Å². The van der Waals surface area contributed by atoms with Crippen molar-refractivity contribution in [3.8, 4) is 0 Å². The molecule has 5 heteroatoms. The fraction of sp³-hybridized carbons (Fsp3) is 0.714. The maximum Gasteiger partial charge on any atom is 0.326 e. The van der Waals surface area contributed by atoms with Crippen LogP contribution in [0.3, 0.4) is 0 Å². The maximum absolute atomic E-state index is 11.1. The molecule has 12 heavy (non-hydrogen) atoms. The Bertz CT molecular complexity index is 207. The molecular formula is C7H11NO3Y. The number of nitrogens with zero attached hydrogens (tertiary/aromatic N) is 1. The summed E-state index contributed by atoms with van der Waals surface area (Å²) >= 11 is 0. The van der Waals surface area contributed by atoms with E-state index in [0.29, 0.717) is 6.42 Å². The van der Waals surface area contributed by atoms with E-state index in [0.717, 1.165) is 0 Å². The maximum atomic E-state index is 11.1. The van der Waals surface area contributed by atoms with Crippen molar-refractivity contribution in [1.29, 1.82) is 0 Å². The van der Waals surface area contributed by atoms with Gasteiger partial charge in [0.2, 0.25) is 5.91 Å². The summed E-state index contributed by atoms with van der Waals surface area (Å²) in [6.45, 7) is 1.75. The van der Waals surface area contributed by atoms with Crippen molar-refractivity contribution in [2.75, 3.05) is 7.05 Å². The van der Waals surface area contributed by atoms with E-state index in [1.165, 1.54) is 11.9 Å². The molecule has 0 aromatic rings. The number of carbonyl (C=O) groups excluding carboxylic acids is 1. The average molecular weight is 246 g/mol. The molecule has 1 heterocycles. The van der Waals surface area contributed by atoms with Gasteiger partial charge in [-0.15, -0.1) is 0 Å². The van der Waals surface area contributed by atoms with Gasteiger partial charge in [-0.25, -0.2) is 4.79 Å². The van der Waals surface area contributed by atoms with Gasteiger partial charge in [-0.05, 0) is 6.42 Å². The zero-order chi connectivity index (χ0) is 8.59. The van der Waals surface area contributed by atoms with E-state index >= 15 is 0 Å². The molecule has 1 aliphatic heterocycles. The van der Waals surface area contributed by atoms with Crippen LogP contribution in [0.2, 0.25) is 0 Å². The number of rotatable bonds is 1. The van der Waals surface area contributed by atoms with Crippen molar-refractivity contribution in [1.82, 2.24) is 4.90 Å². The Labute approximate surface area is 96.2 Å². The van der Waals surface area contributed by atoms with Crippen LogP contribution < -0.4 is 0 Å². The molecule has 4 nitrogen and oxygen atoms in total. The Morgan fingerprint density at radius 2 is 2.17 bits per heavy atom. The van der Waals surface area contributed by atoms with Crippen LogP contribution in [0, 0.1) is 5.92 Å². The zero-order valence-corrected chi connectivity index (χ0v) is 9.99. The van der Waals surface area contributed by atoms with Gasteiger partial charge in [0, 0.05) is 45.7 Å². The van der Waals surface area contributed by atoms with Crippen molar-refractivity contribution >= 4 is 11.9 Å². The molecule has 0 saturated carbocycles. The number of hydrogen-bond donors (Lipinski definition) is 1. The van der Waals surface area contributed by atoms with E-state index in [-0.39, 0.29) is 44.5 Å². The van der Waals surface area contributed by atoms with Gasteiger partial charge in [-0.3, -0.25) is 4.79 Å². The number of carbonyl (C=O) groups is 2. The minimum Gasteiger partial charge on any atom is -0.480 e. The minimum absolute atomic E-state index is 0. The first-order valence-corrected chi connectivity index (χ1v) is 3.53. The largest absolute Gasteiger partial charge is 0.480 e. The van der Waals surface area contributed by atoms with E-state index in [1.807, 2.05) is 0 Å². The SMILES string of the molecule is CC1C[C@@H](C(=O)O)N(C)C1=O.[Y]. The fourth-order valence-electron chi connectivity index (χ4n) is 1.36. The number of aliphatic carboxylic acids is 1. The monoisotopic (exact) mass is 246 g/mol. The van der Waals surface area contributed by atoms with E-state index in [1.54, 1.807) is 6.92 Å². The summed E-state index contributed by atoms with van der Waals surface area (Å²) in [5.41, 5.74) is 0. The molecule has 1 rings (SSSR count). The topological polar surface area (TPSA) is 57.6 Å². The second-order valence-corrected chi connectivity index (χ2v) is 2.94. The van der Waals surface area contributed by atoms with E-state index in [9.17, 15) is 9.59 Å². The van der Waals surface area contributed by atoms with E-state index in [4.69, 9.17) is 5.11 Å². The van der Waals surface area contributed by atoms with Gasteiger partial charge in [0.05, 0.1) is 0 Å². The quantitative estimate of drug-likeness (QED) is 0.704. The van der Waals surface area contributed by atoms with Crippen LogP contribution in [-0.2, 0) is 42.3 Å². The van der Waals surface area contributed by atoms with Gasteiger partial charge in [-0.2, -0.15) is 0 Å². The normalized spacial score (nSPS) is 28.5. The Balaban J connectivity index is 0.00000121. The molecule has 0 bridgehead atoms. The molecule has 1 saturated heterocycles. The third-order valence-corrected chi connectivity index (χ3v) is 2.10. The van der Waals surface area contributed by atoms with E-state index < -0.39 is 12.0 Å². The van der Waals surface area contributed by atoms with Crippen molar-refractivity contribution in [2.24, 2.45) is 5.92 Å². The van der Waals surface area contributed by atoms with Crippen LogP contribution in [0.15, 0.2) is 0 Å². The third-order valence-electron chi connectivity index (χ3n) is 2.10. The van der Waals surface area contributed by atoms with Gasteiger partial charge in [0.1, 0.15) is 6.04 Å². The molecule has 0 aromatic heterocycles. The second kappa shape index (κ2) is 4.33.